The first kappa shape index (κ1) is 8.08. The largest absolute Gasteiger partial charge is 0.388 e. The second-order valence-electron chi connectivity index (χ2n) is 2.54. The maximum atomic E-state index is 5.55. The van der Waals surface area contributed by atoms with Crippen LogP contribution in [0, 0.1) is 6.92 Å². The summed E-state index contributed by atoms with van der Waals surface area (Å²) in [6, 6.07) is 6.12. The SMILES string of the molecule is CNc1cccc(CN)c1C. The van der Waals surface area contributed by atoms with Crippen molar-refractivity contribution in [1.82, 2.24) is 0 Å². The molecule has 1 aromatic rings. The third-order valence-electron chi connectivity index (χ3n) is 1.94. The molecule has 0 bridgehead atoms. The number of anilines is 1. The van der Waals surface area contributed by atoms with Crippen LogP contribution in [0.1, 0.15) is 11.1 Å². The lowest BCUT2D eigenvalue weighted by atomic mass is 10.1. The van der Waals surface area contributed by atoms with E-state index in [1.54, 1.807) is 0 Å². The molecule has 0 aliphatic rings. The van der Waals surface area contributed by atoms with Gasteiger partial charge in [-0.2, -0.15) is 0 Å². The minimum absolute atomic E-state index is 0.612. The van der Waals surface area contributed by atoms with Crippen LogP contribution in [-0.4, -0.2) is 7.05 Å². The lowest BCUT2D eigenvalue weighted by Gasteiger charge is -2.08. The van der Waals surface area contributed by atoms with Crippen molar-refractivity contribution in [2.24, 2.45) is 5.73 Å². The number of nitrogens with two attached hydrogens (primary N) is 1. The van der Waals surface area contributed by atoms with Gasteiger partial charge in [-0.1, -0.05) is 12.1 Å². The second kappa shape index (κ2) is 3.39. The summed E-state index contributed by atoms with van der Waals surface area (Å²) >= 11 is 0. The Hall–Kier alpha value is -1.02. The number of rotatable bonds is 2. The Morgan fingerprint density at radius 1 is 1.45 bits per heavy atom. The van der Waals surface area contributed by atoms with E-state index in [0.717, 1.165) is 5.69 Å². The van der Waals surface area contributed by atoms with Gasteiger partial charge in [-0.05, 0) is 24.1 Å². The van der Waals surface area contributed by atoms with E-state index < -0.39 is 0 Å². The van der Waals surface area contributed by atoms with E-state index in [1.165, 1.54) is 11.1 Å². The molecule has 0 heterocycles. The van der Waals surface area contributed by atoms with Gasteiger partial charge in [0.1, 0.15) is 0 Å². The fourth-order valence-electron chi connectivity index (χ4n) is 1.18. The minimum atomic E-state index is 0.612. The van der Waals surface area contributed by atoms with Crippen molar-refractivity contribution >= 4 is 5.69 Å². The Kier molecular flexibility index (Phi) is 2.49. The van der Waals surface area contributed by atoms with Gasteiger partial charge >= 0.3 is 0 Å². The zero-order chi connectivity index (χ0) is 8.27. The molecule has 2 heteroatoms. The van der Waals surface area contributed by atoms with Gasteiger partial charge in [0.05, 0.1) is 0 Å². The molecule has 11 heavy (non-hydrogen) atoms. The third kappa shape index (κ3) is 1.52. The Bertz CT molecular complexity index is 221. The molecule has 0 aliphatic heterocycles. The van der Waals surface area contributed by atoms with Crippen LogP contribution in [0.15, 0.2) is 18.2 Å². The Balaban J connectivity index is 3.10. The van der Waals surface area contributed by atoms with Crippen molar-refractivity contribution in [3.63, 3.8) is 0 Å². The molecule has 0 fully saturated rings. The van der Waals surface area contributed by atoms with Crippen LogP contribution in [0.2, 0.25) is 0 Å². The van der Waals surface area contributed by atoms with Gasteiger partial charge in [0.15, 0.2) is 0 Å². The number of benzene rings is 1. The van der Waals surface area contributed by atoms with Gasteiger partial charge in [-0.25, -0.2) is 0 Å². The summed E-state index contributed by atoms with van der Waals surface area (Å²) in [5.74, 6) is 0. The highest BCUT2D eigenvalue weighted by molar-refractivity contribution is 5.53. The van der Waals surface area contributed by atoms with Gasteiger partial charge in [0.2, 0.25) is 0 Å². The third-order valence-corrected chi connectivity index (χ3v) is 1.94. The molecule has 1 aromatic carbocycles. The summed E-state index contributed by atoms with van der Waals surface area (Å²) in [5, 5.41) is 3.11. The molecule has 0 aromatic heterocycles. The summed E-state index contributed by atoms with van der Waals surface area (Å²) in [5.41, 5.74) is 9.16. The quantitative estimate of drug-likeness (QED) is 0.670. The second-order valence-corrected chi connectivity index (χ2v) is 2.54. The Morgan fingerprint density at radius 2 is 2.18 bits per heavy atom. The summed E-state index contributed by atoms with van der Waals surface area (Å²) in [6.45, 7) is 2.69. The maximum absolute atomic E-state index is 5.55. The summed E-state index contributed by atoms with van der Waals surface area (Å²) in [7, 11) is 1.92. The van der Waals surface area contributed by atoms with Crippen LogP contribution in [0.5, 0.6) is 0 Å². The maximum Gasteiger partial charge on any atom is 0.0370 e. The fourth-order valence-corrected chi connectivity index (χ4v) is 1.18. The van der Waals surface area contributed by atoms with Gasteiger partial charge in [0, 0.05) is 19.3 Å². The van der Waals surface area contributed by atoms with Crippen LogP contribution in [0.3, 0.4) is 0 Å². The van der Waals surface area contributed by atoms with Crippen LogP contribution >= 0.6 is 0 Å². The van der Waals surface area contributed by atoms with Crippen LogP contribution < -0.4 is 11.1 Å². The Morgan fingerprint density at radius 3 is 2.73 bits per heavy atom. The molecule has 0 saturated carbocycles. The van der Waals surface area contributed by atoms with E-state index in [4.69, 9.17) is 5.73 Å². The van der Waals surface area contributed by atoms with Crippen molar-refractivity contribution in [3.05, 3.63) is 29.3 Å². The van der Waals surface area contributed by atoms with Crippen LogP contribution in [-0.2, 0) is 6.54 Å². The van der Waals surface area contributed by atoms with Crippen molar-refractivity contribution < 1.29 is 0 Å². The molecule has 3 N–H and O–H groups in total. The van der Waals surface area contributed by atoms with E-state index in [-0.39, 0.29) is 0 Å². The molecular formula is C9H14N2. The number of hydrogen-bond acceptors (Lipinski definition) is 2. The number of nitrogens with one attached hydrogen (secondary N) is 1. The summed E-state index contributed by atoms with van der Waals surface area (Å²) < 4.78 is 0. The van der Waals surface area contributed by atoms with Crippen molar-refractivity contribution in [2.75, 3.05) is 12.4 Å². The normalized spacial score (nSPS) is 9.73. The van der Waals surface area contributed by atoms with Crippen molar-refractivity contribution in [1.29, 1.82) is 0 Å². The molecule has 1 rings (SSSR count). The predicted octanol–water partition coefficient (Wildman–Crippen LogP) is 1.50. The Labute approximate surface area is 67.4 Å². The number of hydrogen-bond donors (Lipinski definition) is 2. The van der Waals surface area contributed by atoms with E-state index >= 15 is 0 Å². The lowest BCUT2D eigenvalue weighted by Crippen LogP contribution is -2.01. The molecule has 0 amide bonds. The topological polar surface area (TPSA) is 38.0 Å². The molecule has 0 saturated heterocycles. The highest BCUT2D eigenvalue weighted by atomic mass is 14.8. The van der Waals surface area contributed by atoms with E-state index in [0.29, 0.717) is 6.54 Å². The average molecular weight is 150 g/mol. The van der Waals surface area contributed by atoms with E-state index in [1.807, 2.05) is 13.1 Å². The molecule has 0 unspecified atom stereocenters. The van der Waals surface area contributed by atoms with Crippen molar-refractivity contribution in [2.45, 2.75) is 13.5 Å². The first-order valence-electron chi connectivity index (χ1n) is 3.76. The standard InChI is InChI=1S/C9H14N2/c1-7-8(6-10)4-3-5-9(7)11-2/h3-5,11H,6,10H2,1-2H3. The highest BCUT2D eigenvalue weighted by Crippen LogP contribution is 2.17. The molecular weight excluding hydrogens is 136 g/mol. The van der Waals surface area contributed by atoms with E-state index in [2.05, 4.69) is 24.4 Å². The van der Waals surface area contributed by atoms with Gasteiger partial charge in [0.25, 0.3) is 0 Å². The average Bonchev–Trinajstić information content (AvgIpc) is 2.05. The molecule has 2 nitrogen and oxygen atoms in total. The first-order chi connectivity index (χ1) is 5.29. The van der Waals surface area contributed by atoms with Crippen molar-refractivity contribution in [3.8, 4) is 0 Å². The lowest BCUT2D eigenvalue weighted by molar-refractivity contribution is 1.05. The smallest absolute Gasteiger partial charge is 0.0370 e. The summed E-state index contributed by atoms with van der Waals surface area (Å²) in [4.78, 5) is 0. The zero-order valence-electron chi connectivity index (χ0n) is 7.02. The van der Waals surface area contributed by atoms with Gasteiger partial charge < -0.3 is 11.1 Å². The molecule has 0 aliphatic carbocycles. The molecule has 0 atom stereocenters. The predicted molar refractivity (Wildman–Crippen MR) is 48.6 cm³/mol. The minimum Gasteiger partial charge on any atom is -0.388 e. The van der Waals surface area contributed by atoms with Gasteiger partial charge in [-0.15, -0.1) is 0 Å². The molecule has 60 valence electrons. The van der Waals surface area contributed by atoms with Crippen LogP contribution in [0.25, 0.3) is 0 Å². The molecule has 0 radical (unpaired) electrons. The van der Waals surface area contributed by atoms with Gasteiger partial charge in [-0.3, -0.25) is 0 Å². The highest BCUT2D eigenvalue weighted by Gasteiger charge is 1.98. The first-order valence-corrected chi connectivity index (χ1v) is 3.76. The molecule has 0 spiro atoms. The summed E-state index contributed by atoms with van der Waals surface area (Å²) in [6.07, 6.45) is 0. The monoisotopic (exact) mass is 150 g/mol. The zero-order valence-corrected chi connectivity index (χ0v) is 7.02. The fraction of sp³-hybridized carbons (Fsp3) is 0.333. The van der Waals surface area contributed by atoms with E-state index in [9.17, 15) is 0 Å². The van der Waals surface area contributed by atoms with Crippen LogP contribution in [0.4, 0.5) is 5.69 Å².